The molecule has 1 amide bonds. The minimum Gasteiger partial charge on any atom is -0.334 e. The lowest BCUT2D eigenvalue weighted by Crippen LogP contribution is -2.45. The summed E-state index contributed by atoms with van der Waals surface area (Å²) in [7, 11) is 0. The van der Waals surface area contributed by atoms with Gasteiger partial charge in [-0.05, 0) is 50.3 Å². The van der Waals surface area contributed by atoms with Gasteiger partial charge in [0.2, 0.25) is 0 Å². The predicted molar refractivity (Wildman–Crippen MR) is 73.2 cm³/mol. The number of aryl methyl sites for hydroxylation is 1. The molecule has 1 fully saturated rings. The summed E-state index contributed by atoms with van der Waals surface area (Å²) in [6.07, 6.45) is 3.52. The zero-order chi connectivity index (χ0) is 13.2. The minimum absolute atomic E-state index is 0.167. The Hall–Kier alpha value is -1.34. The highest BCUT2D eigenvalue weighted by atomic mass is 79.9. The SMILES string of the molecule is Cc1ccc(C(=O)NC2(C#N)CCCC2)cc1Br. The quantitative estimate of drug-likeness (QED) is 0.911. The van der Waals surface area contributed by atoms with Gasteiger partial charge in [-0.1, -0.05) is 22.0 Å². The van der Waals surface area contributed by atoms with Crippen molar-refractivity contribution in [3.05, 3.63) is 33.8 Å². The molecule has 0 aromatic heterocycles. The van der Waals surface area contributed by atoms with Gasteiger partial charge in [0.05, 0.1) is 6.07 Å². The van der Waals surface area contributed by atoms with Crippen molar-refractivity contribution in [3.8, 4) is 6.07 Å². The largest absolute Gasteiger partial charge is 0.334 e. The Balaban J connectivity index is 2.17. The third kappa shape index (κ3) is 2.56. The van der Waals surface area contributed by atoms with Crippen LogP contribution in [0.5, 0.6) is 0 Å². The van der Waals surface area contributed by atoms with Crippen molar-refractivity contribution in [1.29, 1.82) is 5.26 Å². The van der Waals surface area contributed by atoms with E-state index in [0.29, 0.717) is 5.56 Å². The number of nitrogens with zero attached hydrogens (tertiary/aromatic N) is 1. The van der Waals surface area contributed by atoms with Crippen LogP contribution in [-0.2, 0) is 0 Å². The van der Waals surface area contributed by atoms with Crippen LogP contribution < -0.4 is 5.32 Å². The van der Waals surface area contributed by atoms with Crippen LogP contribution >= 0.6 is 15.9 Å². The van der Waals surface area contributed by atoms with E-state index in [1.807, 2.05) is 13.0 Å². The topological polar surface area (TPSA) is 52.9 Å². The molecule has 18 heavy (non-hydrogen) atoms. The van der Waals surface area contributed by atoms with E-state index < -0.39 is 5.54 Å². The maximum Gasteiger partial charge on any atom is 0.252 e. The van der Waals surface area contributed by atoms with E-state index in [4.69, 9.17) is 0 Å². The van der Waals surface area contributed by atoms with Crippen LogP contribution in [0.15, 0.2) is 22.7 Å². The average molecular weight is 307 g/mol. The number of amides is 1. The van der Waals surface area contributed by atoms with E-state index in [1.54, 1.807) is 12.1 Å². The van der Waals surface area contributed by atoms with Crippen molar-refractivity contribution in [3.63, 3.8) is 0 Å². The lowest BCUT2D eigenvalue weighted by molar-refractivity contribution is 0.0920. The second-order valence-electron chi connectivity index (χ2n) is 4.82. The molecule has 1 saturated carbocycles. The number of rotatable bonds is 2. The van der Waals surface area contributed by atoms with Gasteiger partial charge in [-0.2, -0.15) is 5.26 Å². The Morgan fingerprint density at radius 2 is 2.11 bits per heavy atom. The number of benzene rings is 1. The van der Waals surface area contributed by atoms with E-state index in [9.17, 15) is 10.1 Å². The molecule has 0 spiro atoms. The number of hydrogen-bond donors (Lipinski definition) is 1. The first-order valence-electron chi connectivity index (χ1n) is 6.06. The molecule has 0 unspecified atom stereocenters. The number of nitriles is 1. The van der Waals surface area contributed by atoms with Crippen molar-refractivity contribution >= 4 is 21.8 Å². The van der Waals surface area contributed by atoms with Crippen LogP contribution in [0.3, 0.4) is 0 Å². The van der Waals surface area contributed by atoms with Crippen LogP contribution in [0.2, 0.25) is 0 Å². The molecule has 1 aliphatic carbocycles. The smallest absolute Gasteiger partial charge is 0.252 e. The van der Waals surface area contributed by atoms with Gasteiger partial charge in [-0.15, -0.1) is 0 Å². The van der Waals surface area contributed by atoms with Crippen LogP contribution in [0.4, 0.5) is 0 Å². The van der Waals surface area contributed by atoms with Crippen molar-refractivity contribution < 1.29 is 4.79 Å². The highest BCUT2D eigenvalue weighted by molar-refractivity contribution is 9.10. The summed E-state index contributed by atoms with van der Waals surface area (Å²) in [4.78, 5) is 12.1. The normalized spacial score (nSPS) is 17.2. The third-order valence-electron chi connectivity index (χ3n) is 3.46. The Bertz CT molecular complexity index is 513. The lowest BCUT2D eigenvalue weighted by atomic mass is 9.99. The Kier molecular flexibility index (Phi) is 3.72. The van der Waals surface area contributed by atoms with Gasteiger partial charge in [-0.3, -0.25) is 4.79 Å². The number of halogens is 1. The summed E-state index contributed by atoms with van der Waals surface area (Å²) in [6, 6.07) is 7.74. The molecule has 0 heterocycles. The number of nitrogens with one attached hydrogen (secondary N) is 1. The molecule has 1 N–H and O–H groups in total. The first-order chi connectivity index (χ1) is 8.56. The fourth-order valence-electron chi connectivity index (χ4n) is 2.27. The van der Waals surface area contributed by atoms with Crippen LogP contribution in [0, 0.1) is 18.3 Å². The van der Waals surface area contributed by atoms with Crippen LogP contribution in [-0.4, -0.2) is 11.4 Å². The van der Waals surface area contributed by atoms with Gasteiger partial charge < -0.3 is 5.32 Å². The summed E-state index contributed by atoms with van der Waals surface area (Å²) in [5, 5.41) is 12.1. The van der Waals surface area contributed by atoms with Crippen LogP contribution in [0.1, 0.15) is 41.6 Å². The Labute approximate surface area is 115 Å². The molecule has 0 aliphatic heterocycles. The first kappa shape index (κ1) is 13.1. The molecule has 0 bridgehead atoms. The van der Waals surface area contributed by atoms with Gasteiger partial charge in [0.15, 0.2) is 0 Å². The molecular weight excluding hydrogens is 292 g/mol. The monoisotopic (exact) mass is 306 g/mol. The molecule has 1 aliphatic rings. The van der Waals surface area contributed by atoms with Gasteiger partial charge in [-0.25, -0.2) is 0 Å². The molecule has 0 atom stereocenters. The Morgan fingerprint density at radius 1 is 1.44 bits per heavy atom. The highest BCUT2D eigenvalue weighted by Gasteiger charge is 2.35. The second-order valence-corrected chi connectivity index (χ2v) is 5.67. The van der Waals surface area contributed by atoms with Gasteiger partial charge in [0, 0.05) is 10.0 Å². The van der Waals surface area contributed by atoms with Crippen molar-refractivity contribution in [1.82, 2.24) is 5.32 Å². The van der Waals surface area contributed by atoms with Crippen molar-refractivity contribution in [2.75, 3.05) is 0 Å². The maximum atomic E-state index is 12.1. The molecule has 1 aromatic rings. The minimum atomic E-state index is -0.658. The molecule has 1 aromatic carbocycles. The molecular formula is C14H15BrN2O. The van der Waals surface area contributed by atoms with Gasteiger partial charge in [0.25, 0.3) is 5.91 Å². The summed E-state index contributed by atoms with van der Waals surface area (Å²) >= 11 is 3.41. The number of hydrogen-bond acceptors (Lipinski definition) is 2. The zero-order valence-electron chi connectivity index (χ0n) is 10.3. The molecule has 2 rings (SSSR count). The summed E-state index contributed by atoms with van der Waals surface area (Å²) < 4.78 is 0.910. The van der Waals surface area contributed by atoms with Gasteiger partial charge >= 0.3 is 0 Å². The Morgan fingerprint density at radius 3 is 2.67 bits per heavy atom. The second kappa shape index (κ2) is 5.11. The highest BCUT2D eigenvalue weighted by Crippen LogP contribution is 2.29. The predicted octanol–water partition coefficient (Wildman–Crippen LogP) is 3.32. The van der Waals surface area contributed by atoms with E-state index in [2.05, 4.69) is 27.3 Å². The van der Waals surface area contributed by atoms with Crippen molar-refractivity contribution in [2.45, 2.75) is 38.1 Å². The lowest BCUT2D eigenvalue weighted by Gasteiger charge is -2.22. The van der Waals surface area contributed by atoms with E-state index in [1.165, 1.54) is 0 Å². The van der Waals surface area contributed by atoms with E-state index in [-0.39, 0.29) is 5.91 Å². The number of carbonyl (C=O) groups excluding carboxylic acids is 1. The number of carbonyl (C=O) groups is 1. The average Bonchev–Trinajstić information content (AvgIpc) is 2.82. The van der Waals surface area contributed by atoms with Crippen molar-refractivity contribution in [2.24, 2.45) is 0 Å². The van der Waals surface area contributed by atoms with Crippen LogP contribution in [0.25, 0.3) is 0 Å². The summed E-state index contributed by atoms with van der Waals surface area (Å²) in [5.41, 5.74) is 1.02. The fourth-order valence-corrected chi connectivity index (χ4v) is 2.65. The molecule has 0 radical (unpaired) electrons. The molecule has 0 saturated heterocycles. The molecule has 94 valence electrons. The fraction of sp³-hybridized carbons (Fsp3) is 0.429. The van der Waals surface area contributed by atoms with E-state index in [0.717, 1.165) is 35.7 Å². The standard InChI is InChI=1S/C14H15BrN2O/c1-10-4-5-11(8-12(10)15)13(18)17-14(9-16)6-2-3-7-14/h4-5,8H,2-3,6-7H2,1H3,(H,17,18). The molecule has 3 nitrogen and oxygen atoms in total. The third-order valence-corrected chi connectivity index (χ3v) is 4.31. The molecule has 4 heteroatoms. The summed E-state index contributed by atoms with van der Waals surface area (Å²) in [6.45, 7) is 1.97. The maximum absolute atomic E-state index is 12.1. The van der Waals surface area contributed by atoms with Gasteiger partial charge in [0.1, 0.15) is 5.54 Å². The zero-order valence-corrected chi connectivity index (χ0v) is 11.9. The van der Waals surface area contributed by atoms with E-state index >= 15 is 0 Å². The first-order valence-corrected chi connectivity index (χ1v) is 6.85. The summed E-state index contributed by atoms with van der Waals surface area (Å²) in [5.74, 6) is -0.167.